The first-order chi connectivity index (χ1) is 2.83. The van der Waals surface area contributed by atoms with E-state index in [2.05, 4.69) is 6.58 Å². The zero-order chi connectivity index (χ0) is 5.41. The third-order valence-corrected chi connectivity index (χ3v) is 0. The highest BCUT2D eigenvalue weighted by Crippen LogP contribution is 1.38. The molecule has 0 aliphatic rings. The Balaban J connectivity index is 0. The van der Waals surface area contributed by atoms with Crippen LogP contribution in [-0.2, 0) is 0 Å². The number of nitrogens with two attached hydrogens (primary N) is 1. The predicted octanol–water partition coefficient (Wildman–Crippen LogP) is 1.16. The van der Waals surface area contributed by atoms with E-state index in [0.29, 0.717) is 0 Å². The molecular weight excluding hydrogens is 74.1 g/mol. The molecule has 0 spiro atoms. The van der Waals surface area contributed by atoms with Gasteiger partial charge in [0.2, 0.25) is 0 Å². The second kappa shape index (κ2) is 22.3. The van der Waals surface area contributed by atoms with Crippen molar-refractivity contribution < 1.29 is 0 Å². The predicted molar refractivity (Wildman–Crippen MR) is 30.6 cm³/mol. The molecule has 38 valence electrons. The molecule has 6 heavy (non-hydrogen) atoms. The van der Waals surface area contributed by atoms with E-state index in [4.69, 9.17) is 5.73 Å². The summed E-state index contributed by atoms with van der Waals surface area (Å²) in [6, 6.07) is 0. The fourth-order valence-electron chi connectivity index (χ4n) is 0. The normalized spacial score (nSPS) is 5.17. The van der Waals surface area contributed by atoms with Gasteiger partial charge >= 0.3 is 0 Å². The summed E-state index contributed by atoms with van der Waals surface area (Å²) in [4.78, 5) is 0. The van der Waals surface area contributed by atoms with Crippen LogP contribution in [0.3, 0.4) is 0 Å². The Kier molecular flexibility index (Phi) is 34.1. The fraction of sp³-hybridized carbons (Fsp3) is 0.600. The summed E-state index contributed by atoms with van der Waals surface area (Å²) in [6.07, 6.45) is 1.75. The molecule has 0 heterocycles. The Morgan fingerprint density at radius 3 is 1.83 bits per heavy atom. The molecule has 0 aliphatic carbocycles. The molecule has 0 aliphatic heterocycles. The highest BCUT2D eigenvalue weighted by atomic mass is 14.5. The van der Waals surface area contributed by atoms with Gasteiger partial charge in [-0.05, 0) is 13.5 Å². The van der Waals surface area contributed by atoms with Crippen LogP contribution in [0, 0.1) is 0 Å². The van der Waals surface area contributed by atoms with Gasteiger partial charge in [-0.15, -0.1) is 6.58 Å². The second-order valence-corrected chi connectivity index (χ2v) is 0.816. The number of hydrogen-bond acceptors (Lipinski definition) is 1. The van der Waals surface area contributed by atoms with Crippen molar-refractivity contribution in [1.29, 1.82) is 0 Å². The summed E-state index contributed by atoms with van der Waals surface area (Å²) in [7, 11) is 0. The van der Waals surface area contributed by atoms with Gasteiger partial charge < -0.3 is 5.73 Å². The average molecular weight is 87.2 g/mol. The van der Waals surface area contributed by atoms with Crippen LogP contribution in [0.25, 0.3) is 0 Å². The van der Waals surface area contributed by atoms with Crippen LogP contribution >= 0.6 is 0 Å². The topological polar surface area (TPSA) is 26.0 Å². The zero-order valence-corrected chi connectivity index (χ0v) is 4.57. The minimum atomic E-state index is 0.750. The Hall–Kier alpha value is -0.300. The van der Waals surface area contributed by atoms with E-state index < -0.39 is 0 Å². The van der Waals surface area contributed by atoms with Gasteiger partial charge in [-0.2, -0.15) is 0 Å². The molecular formula is C5H13N. The number of rotatable bonds is 0. The Morgan fingerprint density at radius 1 is 1.83 bits per heavy atom. The molecule has 2 N–H and O–H groups in total. The van der Waals surface area contributed by atoms with Gasteiger partial charge in [0.1, 0.15) is 0 Å². The zero-order valence-electron chi connectivity index (χ0n) is 4.57. The van der Waals surface area contributed by atoms with E-state index in [1.54, 1.807) is 6.08 Å². The van der Waals surface area contributed by atoms with Crippen LogP contribution in [0.1, 0.15) is 13.8 Å². The maximum atomic E-state index is 4.85. The van der Waals surface area contributed by atoms with Gasteiger partial charge in [-0.3, -0.25) is 0 Å². The minimum absolute atomic E-state index is 0.750. The summed E-state index contributed by atoms with van der Waals surface area (Å²) in [5.74, 6) is 0. The molecule has 0 amide bonds. The highest BCUT2D eigenvalue weighted by molar-refractivity contribution is 4.51. The van der Waals surface area contributed by atoms with E-state index in [-0.39, 0.29) is 0 Å². The summed E-state index contributed by atoms with van der Waals surface area (Å²) >= 11 is 0. The molecule has 0 aromatic heterocycles. The van der Waals surface area contributed by atoms with Crippen molar-refractivity contribution in [3.8, 4) is 0 Å². The molecule has 0 atom stereocenters. The molecule has 0 unspecified atom stereocenters. The minimum Gasteiger partial charge on any atom is -0.331 e. The van der Waals surface area contributed by atoms with Gasteiger partial charge in [0.05, 0.1) is 0 Å². The maximum Gasteiger partial charge on any atom is -0.0106 e. The molecule has 1 heteroatoms. The van der Waals surface area contributed by atoms with Crippen molar-refractivity contribution in [1.82, 2.24) is 0 Å². The van der Waals surface area contributed by atoms with Crippen LogP contribution in [0.5, 0.6) is 0 Å². The first-order valence-corrected chi connectivity index (χ1v) is 2.10. The van der Waals surface area contributed by atoms with Crippen molar-refractivity contribution in [2.24, 2.45) is 5.73 Å². The quantitative estimate of drug-likeness (QED) is 0.441. The summed E-state index contributed by atoms with van der Waals surface area (Å²) in [5, 5.41) is 0. The lowest BCUT2D eigenvalue weighted by molar-refractivity contribution is 1.14. The average Bonchev–Trinajstić information content (AvgIpc) is 1.39. The third kappa shape index (κ3) is 300. The smallest absolute Gasteiger partial charge is 0.0106 e. The monoisotopic (exact) mass is 87.1 g/mol. The van der Waals surface area contributed by atoms with E-state index >= 15 is 0 Å². The van der Waals surface area contributed by atoms with Crippen molar-refractivity contribution in [3.63, 3.8) is 0 Å². The van der Waals surface area contributed by atoms with Crippen molar-refractivity contribution in [2.75, 3.05) is 6.54 Å². The first kappa shape index (κ1) is 9.20. The van der Waals surface area contributed by atoms with Crippen molar-refractivity contribution in [2.45, 2.75) is 13.8 Å². The summed E-state index contributed by atoms with van der Waals surface area (Å²) in [6.45, 7) is 7.90. The van der Waals surface area contributed by atoms with Crippen molar-refractivity contribution in [3.05, 3.63) is 12.7 Å². The first-order valence-electron chi connectivity index (χ1n) is 2.10. The molecule has 0 fully saturated rings. The van der Waals surface area contributed by atoms with Gasteiger partial charge in [-0.25, -0.2) is 0 Å². The lowest BCUT2D eigenvalue weighted by atomic mass is 10.8. The van der Waals surface area contributed by atoms with Crippen LogP contribution in [0.15, 0.2) is 12.7 Å². The molecule has 0 saturated carbocycles. The second-order valence-electron chi connectivity index (χ2n) is 0.816. The highest BCUT2D eigenvalue weighted by Gasteiger charge is 1.32. The largest absolute Gasteiger partial charge is 0.331 e. The SMILES string of the molecule is C=CC.CCN. The number of hydrogen-bond donors (Lipinski definition) is 1. The summed E-state index contributed by atoms with van der Waals surface area (Å²) < 4.78 is 0. The number of allylic oxidation sites excluding steroid dienone is 1. The Morgan fingerprint density at radius 2 is 1.83 bits per heavy atom. The lowest BCUT2D eigenvalue weighted by Gasteiger charge is -1.53. The van der Waals surface area contributed by atoms with Gasteiger partial charge in [0.25, 0.3) is 0 Å². The standard InChI is InChI=1S/C3H6.C2H7N/c1-3-2;1-2-3/h3H,1H2,2H3;2-3H2,1H3. The molecule has 0 saturated heterocycles. The summed E-state index contributed by atoms with van der Waals surface area (Å²) in [5.41, 5.74) is 4.85. The molecule has 0 aromatic rings. The Labute approximate surface area is 39.9 Å². The third-order valence-electron chi connectivity index (χ3n) is 0. The van der Waals surface area contributed by atoms with E-state index in [0.717, 1.165) is 6.54 Å². The van der Waals surface area contributed by atoms with Crippen molar-refractivity contribution >= 4 is 0 Å². The molecule has 1 nitrogen and oxygen atoms in total. The van der Waals surface area contributed by atoms with Gasteiger partial charge in [0.15, 0.2) is 0 Å². The Bertz CT molecular complexity index is 17.9. The van der Waals surface area contributed by atoms with E-state index in [1.807, 2.05) is 13.8 Å². The molecule has 0 radical (unpaired) electrons. The van der Waals surface area contributed by atoms with Crippen LogP contribution in [0.2, 0.25) is 0 Å². The van der Waals surface area contributed by atoms with E-state index in [9.17, 15) is 0 Å². The van der Waals surface area contributed by atoms with Crippen LogP contribution in [-0.4, -0.2) is 6.54 Å². The molecule has 0 bridgehead atoms. The van der Waals surface area contributed by atoms with E-state index in [1.165, 1.54) is 0 Å². The molecule has 0 rings (SSSR count). The van der Waals surface area contributed by atoms with Gasteiger partial charge in [-0.1, -0.05) is 13.0 Å². The lowest BCUT2D eigenvalue weighted by Crippen LogP contribution is -1.87. The maximum absolute atomic E-state index is 4.85. The fourth-order valence-corrected chi connectivity index (χ4v) is 0. The van der Waals surface area contributed by atoms with Gasteiger partial charge in [0, 0.05) is 0 Å². The van der Waals surface area contributed by atoms with Crippen LogP contribution in [0.4, 0.5) is 0 Å². The van der Waals surface area contributed by atoms with Crippen LogP contribution < -0.4 is 5.73 Å². The molecule has 0 aromatic carbocycles.